The summed E-state index contributed by atoms with van der Waals surface area (Å²) in [5, 5.41) is 6.47. The molecule has 0 radical (unpaired) electrons. The molecule has 1 aliphatic heterocycles. The first-order valence-corrected chi connectivity index (χ1v) is 8.67. The Bertz CT molecular complexity index is 582. The maximum atomic E-state index is 12.8. The molecule has 0 bridgehead atoms. The summed E-state index contributed by atoms with van der Waals surface area (Å²) in [6.45, 7) is 6.78. The van der Waals surface area contributed by atoms with E-state index in [9.17, 15) is 13.2 Å². The first-order valence-electron chi connectivity index (χ1n) is 8.67. The van der Waals surface area contributed by atoms with E-state index >= 15 is 0 Å². The molecular weight excluding hydrogens is 456 g/mol. The number of benzene rings is 1. The van der Waals surface area contributed by atoms with Gasteiger partial charge in [-0.2, -0.15) is 13.2 Å². The van der Waals surface area contributed by atoms with E-state index in [2.05, 4.69) is 34.4 Å². The largest absolute Gasteiger partial charge is 0.416 e. The molecule has 1 fully saturated rings. The Morgan fingerprint density at radius 1 is 1.27 bits per heavy atom. The molecule has 0 spiro atoms. The van der Waals surface area contributed by atoms with Crippen molar-refractivity contribution in [2.45, 2.75) is 51.5 Å². The third kappa shape index (κ3) is 6.94. The zero-order valence-corrected chi connectivity index (χ0v) is 17.8. The molecule has 1 saturated heterocycles. The van der Waals surface area contributed by atoms with Crippen molar-refractivity contribution in [3.63, 3.8) is 0 Å². The van der Waals surface area contributed by atoms with Crippen molar-refractivity contribution >= 4 is 29.9 Å². The summed E-state index contributed by atoms with van der Waals surface area (Å²) in [7, 11) is 1.67. The van der Waals surface area contributed by atoms with E-state index in [1.807, 2.05) is 0 Å². The predicted octanol–water partition coefficient (Wildman–Crippen LogP) is 3.86. The van der Waals surface area contributed by atoms with Gasteiger partial charge >= 0.3 is 6.18 Å². The van der Waals surface area contributed by atoms with Gasteiger partial charge in [0.2, 0.25) is 0 Å². The van der Waals surface area contributed by atoms with Gasteiger partial charge < -0.3 is 15.5 Å². The summed E-state index contributed by atoms with van der Waals surface area (Å²) < 4.78 is 38.3. The third-order valence-electron chi connectivity index (χ3n) is 4.54. The van der Waals surface area contributed by atoms with Crippen LogP contribution in [-0.4, -0.2) is 43.1 Å². The quantitative estimate of drug-likeness (QED) is 0.388. The van der Waals surface area contributed by atoms with E-state index in [1.54, 1.807) is 13.1 Å². The summed E-state index contributed by atoms with van der Waals surface area (Å²) in [5.74, 6) is 0.625. The third-order valence-corrected chi connectivity index (χ3v) is 4.54. The van der Waals surface area contributed by atoms with Gasteiger partial charge in [-0.1, -0.05) is 12.1 Å². The van der Waals surface area contributed by atoms with E-state index in [-0.39, 0.29) is 24.0 Å². The van der Waals surface area contributed by atoms with Crippen molar-refractivity contribution < 1.29 is 13.2 Å². The molecule has 0 aliphatic carbocycles. The van der Waals surface area contributed by atoms with Crippen LogP contribution in [0.15, 0.2) is 29.3 Å². The highest BCUT2D eigenvalue weighted by atomic mass is 127. The lowest BCUT2D eigenvalue weighted by molar-refractivity contribution is -0.137. The molecule has 0 unspecified atom stereocenters. The van der Waals surface area contributed by atoms with Gasteiger partial charge in [0.05, 0.1) is 5.56 Å². The molecule has 26 heavy (non-hydrogen) atoms. The number of guanidine groups is 1. The van der Waals surface area contributed by atoms with Gasteiger partial charge in [-0.05, 0) is 44.4 Å². The molecule has 1 heterocycles. The highest BCUT2D eigenvalue weighted by Crippen LogP contribution is 2.29. The fourth-order valence-corrected chi connectivity index (χ4v) is 2.99. The Labute approximate surface area is 170 Å². The van der Waals surface area contributed by atoms with Gasteiger partial charge in [0.25, 0.3) is 0 Å². The van der Waals surface area contributed by atoms with Gasteiger partial charge in [0.1, 0.15) is 0 Å². The summed E-state index contributed by atoms with van der Waals surface area (Å²) in [5.41, 5.74) is -0.0526. The lowest BCUT2D eigenvalue weighted by Gasteiger charge is -2.35. The smallest absolute Gasteiger partial charge is 0.354 e. The minimum Gasteiger partial charge on any atom is -0.354 e. The van der Waals surface area contributed by atoms with Crippen LogP contribution in [0.1, 0.15) is 37.8 Å². The SMILES string of the molecule is CN=C(NCc1cccc(C(F)(F)F)c1)NC1CCN(C(C)C)CC1.I. The number of rotatable bonds is 4. The minimum absolute atomic E-state index is 0. The van der Waals surface area contributed by atoms with Crippen molar-refractivity contribution in [1.82, 2.24) is 15.5 Å². The van der Waals surface area contributed by atoms with Crippen LogP contribution >= 0.6 is 24.0 Å². The van der Waals surface area contributed by atoms with Gasteiger partial charge in [-0.3, -0.25) is 4.99 Å². The second-order valence-corrected chi connectivity index (χ2v) is 6.67. The van der Waals surface area contributed by atoms with Crippen molar-refractivity contribution in [3.05, 3.63) is 35.4 Å². The van der Waals surface area contributed by atoms with E-state index in [1.165, 1.54) is 12.1 Å². The van der Waals surface area contributed by atoms with Crippen LogP contribution in [0, 0.1) is 0 Å². The molecular formula is C18H28F3IN4. The molecule has 1 aromatic rings. The Balaban J connectivity index is 0.00000338. The fraction of sp³-hybridized carbons (Fsp3) is 0.611. The van der Waals surface area contributed by atoms with Crippen LogP contribution in [0.25, 0.3) is 0 Å². The number of nitrogens with zero attached hydrogens (tertiary/aromatic N) is 2. The highest BCUT2D eigenvalue weighted by Gasteiger charge is 2.30. The minimum atomic E-state index is -4.32. The monoisotopic (exact) mass is 484 g/mol. The van der Waals surface area contributed by atoms with Gasteiger partial charge in [0, 0.05) is 38.8 Å². The number of likely N-dealkylation sites (tertiary alicyclic amines) is 1. The van der Waals surface area contributed by atoms with Crippen LogP contribution in [0.4, 0.5) is 13.2 Å². The van der Waals surface area contributed by atoms with E-state index in [0.29, 0.717) is 30.2 Å². The summed E-state index contributed by atoms with van der Waals surface area (Å²) >= 11 is 0. The second-order valence-electron chi connectivity index (χ2n) is 6.67. The first kappa shape index (κ1) is 23.0. The maximum absolute atomic E-state index is 12.8. The lowest BCUT2D eigenvalue weighted by Crippen LogP contribution is -2.49. The number of hydrogen-bond donors (Lipinski definition) is 2. The molecule has 148 valence electrons. The van der Waals surface area contributed by atoms with Gasteiger partial charge in [0.15, 0.2) is 5.96 Å². The Morgan fingerprint density at radius 3 is 2.46 bits per heavy atom. The van der Waals surface area contributed by atoms with Crippen LogP contribution < -0.4 is 10.6 Å². The van der Waals surface area contributed by atoms with Crippen LogP contribution in [0.5, 0.6) is 0 Å². The molecule has 2 N–H and O–H groups in total. The molecule has 0 amide bonds. The van der Waals surface area contributed by atoms with Crippen molar-refractivity contribution in [1.29, 1.82) is 0 Å². The van der Waals surface area contributed by atoms with E-state index in [0.717, 1.165) is 32.0 Å². The molecule has 0 aromatic heterocycles. The molecule has 0 saturated carbocycles. The fourth-order valence-electron chi connectivity index (χ4n) is 2.99. The van der Waals surface area contributed by atoms with Crippen LogP contribution in [-0.2, 0) is 12.7 Å². The lowest BCUT2D eigenvalue weighted by atomic mass is 10.0. The summed E-state index contributed by atoms with van der Waals surface area (Å²) in [6, 6.07) is 6.25. The zero-order chi connectivity index (χ0) is 18.4. The number of halogens is 4. The number of alkyl halides is 3. The second kappa shape index (κ2) is 10.3. The standard InChI is InChI=1S/C18H27F3N4.HI/c1-13(2)25-9-7-16(8-10-25)24-17(22-3)23-12-14-5-4-6-15(11-14)18(19,20)21;/h4-6,11,13,16H,7-10,12H2,1-3H3,(H2,22,23,24);1H. The van der Waals surface area contributed by atoms with Crippen LogP contribution in [0.3, 0.4) is 0 Å². The van der Waals surface area contributed by atoms with Crippen molar-refractivity contribution in [2.75, 3.05) is 20.1 Å². The van der Waals surface area contributed by atoms with Gasteiger partial charge in [-0.25, -0.2) is 0 Å². The van der Waals surface area contributed by atoms with Gasteiger partial charge in [-0.15, -0.1) is 24.0 Å². The summed E-state index contributed by atoms with van der Waals surface area (Å²) in [6.07, 6.45) is -2.26. The average Bonchev–Trinajstić information content (AvgIpc) is 2.58. The topological polar surface area (TPSA) is 39.7 Å². The van der Waals surface area contributed by atoms with Crippen molar-refractivity contribution in [2.24, 2.45) is 4.99 Å². The van der Waals surface area contributed by atoms with E-state index in [4.69, 9.17) is 0 Å². The predicted molar refractivity (Wildman–Crippen MR) is 110 cm³/mol. The number of aliphatic imine (C=N–C) groups is 1. The Kier molecular flexibility index (Phi) is 9.15. The van der Waals surface area contributed by atoms with Crippen molar-refractivity contribution in [3.8, 4) is 0 Å². The highest BCUT2D eigenvalue weighted by molar-refractivity contribution is 14.0. The number of nitrogens with one attached hydrogen (secondary N) is 2. The number of hydrogen-bond acceptors (Lipinski definition) is 2. The summed E-state index contributed by atoms with van der Waals surface area (Å²) in [4.78, 5) is 6.62. The first-order chi connectivity index (χ1) is 11.8. The number of piperidine rings is 1. The van der Waals surface area contributed by atoms with E-state index < -0.39 is 11.7 Å². The molecule has 2 rings (SSSR count). The Morgan fingerprint density at radius 2 is 1.92 bits per heavy atom. The Hall–Kier alpha value is -1.03. The molecule has 8 heteroatoms. The molecule has 0 atom stereocenters. The normalized spacial score (nSPS) is 17.1. The molecule has 4 nitrogen and oxygen atoms in total. The average molecular weight is 484 g/mol. The maximum Gasteiger partial charge on any atom is 0.416 e. The van der Waals surface area contributed by atoms with Crippen LogP contribution in [0.2, 0.25) is 0 Å². The molecule has 1 aliphatic rings. The molecule has 1 aromatic carbocycles. The zero-order valence-electron chi connectivity index (χ0n) is 15.4.